The zero-order chi connectivity index (χ0) is 22.1. The summed E-state index contributed by atoms with van der Waals surface area (Å²) in [5, 5.41) is 13.7. The summed E-state index contributed by atoms with van der Waals surface area (Å²) in [5.41, 5.74) is 2.45. The van der Waals surface area contributed by atoms with E-state index in [0.717, 1.165) is 33.1 Å². The predicted octanol–water partition coefficient (Wildman–Crippen LogP) is 3.20. The molecule has 3 aromatic heterocycles. The molecule has 1 atom stereocenters. The second-order valence-electron chi connectivity index (χ2n) is 7.83. The molecule has 1 saturated heterocycles. The number of carbonyl (C=O) groups is 2. The highest BCUT2D eigenvalue weighted by molar-refractivity contribution is 7.20. The maximum absolute atomic E-state index is 13.2. The second-order valence-corrected chi connectivity index (χ2v) is 8.83. The van der Waals surface area contributed by atoms with Gasteiger partial charge in [-0.2, -0.15) is 0 Å². The number of pyridine rings is 2. The van der Waals surface area contributed by atoms with E-state index in [1.165, 1.54) is 11.3 Å². The normalized spacial score (nSPS) is 16.0. The van der Waals surface area contributed by atoms with Gasteiger partial charge in [0.2, 0.25) is 0 Å². The van der Waals surface area contributed by atoms with Crippen molar-refractivity contribution in [2.75, 3.05) is 26.2 Å². The molecule has 2 amide bonds. The Morgan fingerprint density at radius 2 is 2.00 bits per heavy atom. The summed E-state index contributed by atoms with van der Waals surface area (Å²) in [7, 11) is 0. The standard InChI is InChI=1S/C24H22N4O3S/c29-12-10-26-22(30)21-20(18-4-2-9-27-23(18)32-21)17-7-11-28(14-17)24(31)16-5-6-19-15(13-16)3-1-8-25-19/h1-6,8-9,13,17,29H,7,10-12,14H2,(H,26,30)/t17-/m1/s1. The minimum atomic E-state index is -0.205. The number of hydrogen-bond acceptors (Lipinski definition) is 6. The zero-order valence-corrected chi connectivity index (χ0v) is 18.1. The predicted molar refractivity (Wildman–Crippen MR) is 124 cm³/mol. The molecule has 1 aromatic carbocycles. The second kappa shape index (κ2) is 8.64. The maximum atomic E-state index is 13.2. The smallest absolute Gasteiger partial charge is 0.261 e. The number of amides is 2. The molecule has 0 radical (unpaired) electrons. The highest BCUT2D eigenvalue weighted by Gasteiger charge is 2.33. The summed E-state index contributed by atoms with van der Waals surface area (Å²) < 4.78 is 0. The van der Waals surface area contributed by atoms with Gasteiger partial charge in [0, 0.05) is 54.3 Å². The third kappa shape index (κ3) is 3.72. The number of hydrogen-bond donors (Lipinski definition) is 2. The van der Waals surface area contributed by atoms with Gasteiger partial charge in [-0.25, -0.2) is 4.98 Å². The summed E-state index contributed by atoms with van der Waals surface area (Å²) >= 11 is 1.36. The largest absolute Gasteiger partial charge is 0.395 e. The third-order valence-corrected chi connectivity index (χ3v) is 6.97. The number of fused-ring (bicyclic) bond motifs is 2. The molecule has 1 aliphatic heterocycles. The van der Waals surface area contributed by atoms with Crippen molar-refractivity contribution in [2.45, 2.75) is 12.3 Å². The number of rotatable bonds is 5. The Balaban J connectivity index is 1.43. The quantitative estimate of drug-likeness (QED) is 0.491. The van der Waals surface area contributed by atoms with Gasteiger partial charge in [-0.1, -0.05) is 12.1 Å². The van der Waals surface area contributed by atoms with E-state index in [4.69, 9.17) is 5.11 Å². The van der Waals surface area contributed by atoms with Gasteiger partial charge in [0.15, 0.2) is 0 Å². The molecule has 7 nitrogen and oxygen atoms in total. The molecule has 0 spiro atoms. The fraction of sp³-hybridized carbons (Fsp3) is 0.250. The van der Waals surface area contributed by atoms with Crippen LogP contribution < -0.4 is 5.32 Å². The Kier molecular flexibility index (Phi) is 5.55. The SMILES string of the molecule is O=C(NCCO)c1sc2ncccc2c1[C@@H]1CCN(C(=O)c2ccc3ncccc3c2)C1. The van der Waals surface area contributed by atoms with E-state index in [1.807, 2.05) is 47.4 Å². The molecular formula is C24H22N4O3S. The number of aliphatic hydroxyl groups is 1. The lowest BCUT2D eigenvalue weighted by Crippen LogP contribution is -2.29. The van der Waals surface area contributed by atoms with Crippen LogP contribution in [0.4, 0.5) is 0 Å². The molecule has 4 heterocycles. The van der Waals surface area contributed by atoms with Crippen LogP contribution in [0.1, 0.15) is 37.9 Å². The molecule has 8 heteroatoms. The van der Waals surface area contributed by atoms with Gasteiger partial charge in [-0.05, 0) is 42.3 Å². The van der Waals surface area contributed by atoms with Crippen molar-refractivity contribution in [3.63, 3.8) is 0 Å². The van der Waals surface area contributed by atoms with E-state index in [0.29, 0.717) is 23.5 Å². The van der Waals surface area contributed by atoms with Crippen LogP contribution in [0, 0.1) is 0 Å². The molecular weight excluding hydrogens is 424 g/mol. The molecule has 1 aliphatic rings. The van der Waals surface area contributed by atoms with E-state index in [-0.39, 0.29) is 30.9 Å². The summed E-state index contributed by atoms with van der Waals surface area (Å²) in [5.74, 6) is -0.167. The Hall–Kier alpha value is -3.36. The first-order valence-corrected chi connectivity index (χ1v) is 11.4. The van der Waals surface area contributed by atoms with Gasteiger partial charge in [0.25, 0.3) is 11.8 Å². The molecule has 5 rings (SSSR count). The van der Waals surface area contributed by atoms with E-state index < -0.39 is 0 Å². The lowest BCUT2D eigenvalue weighted by Gasteiger charge is -2.17. The van der Waals surface area contributed by atoms with Crippen molar-refractivity contribution in [3.05, 3.63) is 70.9 Å². The first kappa shape index (κ1) is 20.5. The van der Waals surface area contributed by atoms with Crippen LogP contribution in [-0.4, -0.2) is 58.0 Å². The van der Waals surface area contributed by atoms with Gasteiger partial charge < -0.3 is 15.3 Å². The summed E-state index contributed by atoms with van der Waals surface area (Å²) in [6.07, 6.45) is 4.24. The molecule has 162 valence electrons. The molecule has 0 bridgehead atoms. The highest BCUT2D eigenvalue weighted by Crippen LogP contribution is 2.39. The fourth-order valence-corrected chi connectivity index (χ4v) is 5.49. The summed E-state index contributed by atoms with van der Waals surface area (Å²) in [6, 6.07) is 13.2. The van der Waals surface area contributed by atoms with Crippen LogP contribution in [0.3, 0.4) is 0 Å². The first-order chi connectivity index (χ1) is 15.7. The number of aromatic nitrogens is 2. The lowest BCUT2D eigenvalue weighted by atomic mass is 9.95. The highest BCUT2D eigenvalue weighted by atomic mass is 32.1. The Bertz CT molecular complexity index is 1320. The van der Waals surface area contributed by atoms with Crippen molar-refractivity contribution < 1.29 is 14.7 Å². The number of benzene rings is 1. The maximum Gasteiger partial charge on any atom is 0.261 e. The molecule has 32 heavy (non-hydrogen) atoms. The minimum Gasteiger partial charge on any atom is -0.395 e. The van der Waals surface area contributed by atoms with Crippen molar-refractivity contribution in [1.29, 1.82) is 0 Å². The van der Waals surface area contributed by atoms with E-state index in [2.05, 4.69) is 15.3 Å². The van der Waals surface area contributed by atoms with Gasteiger partial charge in [-0.15, -0.1) is 11.3 Å². The van der Waals surface area contributed by atoms with Gasteiger partial charge >= 0.3 is 0 Å². The third-order valence-electron chi connectivity index (χ3n) is 5.84. The Morgan fingerprint density at radius 3 is 2.88 bits per heavy atom. The number of aliphatic hydroxyl groups excluding tert-OH is 1. The van der Waals surface area contributed by atoms with Gasteiger partial charge in [0.1, 0.15) is 4.83 Å². The van der Waals surface area contributed by atoms with E-state index >= 15 is 0 Å². The monoisotopic (exact) mass is 446 g/mol. The van der Waals surface area contributed by atoms with Crippen LogP contribution in [0.5, 0.6) is 0 Å². The summed E-state index contributed by atoms with van der Waals surface area (Å²) in [4.78, 5) is 38.0. The Labute approximate surface area is 188 Å². The van der Waals surface area contributed by atoms with Crippen LogP contribution >= 0.6 is 11.3 Å². The molecule has 2 N–H and O–H groups in total. The number of likely N-dealkylation sites (tertiary alicyclic amines) is 1. The van der Waals surface area contributed by atoms with E-state index in [1.54, 1.807) is 12.4 Å². The molecule has 0 aliphatic carbocycles. The topological polar surface area (TPSA) is 95.4 Å². The minimum absolute atomic E-state index is 0.0119. The molecule has 1 fully saturated rings. The summed E-state index contributed by atoms with van der Waals surface area (Å²) in [6.45, 7) is 1.26. The molecule has 0 unspecified atom stereocenters. The van der Waals surface area contributed by atoms with Crippen LogP contribution in [0.2, 0.25) is 0 Å². The van der Waals surface area contributed by atoms with Crippen molar-refractivity contribution in [1.82, 2.24) is 20.2 Å². The Morgan fingerprint density at radius 1 is 1.16 bits per heavy atom. The van der Waals surface area contributed by atoms with Crippen molar-refractivity contribution in [2.24, 2.45) is 0 Å². The van der Waals surface area contributed by atoms with Gasteiger partial charge in [0.05, 0.1) is 17.0 Å². The zero-order valence-electron chi connectivity index (χ0n) is 17.3. The average molecular weight is 447 g/mol. The fourth-order valence-electron chi connectivity index (χ4n) is 4.35. The average Bonchev–Trinajstić information content (AvgIpc) is 3.46. The van der Waals surface area contributed by atoms with Crippen LogP contribution in [-0.2, 0) is 0 Å². The van der Waals surface area contributed by atoms with Crippen LogP contribution in [0.25, 0.3) is 21.1 Å². The van der Waals surface area contributed by atoms with Gasteiger partial charge in [-0.3, -0.25) is 14.6 Å². The van der Waals surface area contributed by atoms with E-state index in [9.17, 15) is 9.59 Å². The van der Waals surface area contributed by atoms with Crippen LogP contribution in [0.15, 0.2) is 54.9 Å². The molecule has 0 saturated carbocycles. The number of carbonyl (C=O) groups excluding carboxylic acids is 2. The number of nitrogens with one attached hydrogen (secondary N) is 1. The number of nitrogens with zero attached hydrogens (tertiary/aromatic N) is 3. The lowest BCUT2D eigenvalue weighted by molar-refractivity contribution is 0.0791. The van der Waals surface area contributed by atoms with Crippen molar-refractivity contribution >= 4 is 44.3 Å². The van der Waals surface area contributed by atoms with Crippen molar-refractivity contribution in [3.8, 4) is 0 Å². The molecule has 4 aromatic rings. The first-order valence-electron chi connectivity index (χ1n) is 10.6. The number of thiophene rings is 1.